The summed E-state index contributed by atoms with van der Waals surface area (Å²) in [4.78, 5) is 24.6. The van der Waals surface area contributed by atoms with Crippen LogP contribution in [-0.2, 0) is 14.8 Å². The minimum Gasteiger partial charge on any atom is -0.321 e. The van der Waals surface area contributed by atoms with Crippen LogP contribution in [0.25, 0.3) is 0 Å². The molecule has 0 spiro atoms. The molecule has 2 amide bonds. The Balaban J connectivity index is 2.04. The summed E-state index contributed by atoms with van der Waals surface area (Å²) < 4.78 is 27.6. The number of rotatable bonds is 12. The molecule has 2 rings (SSSR count). The standard InChI is InChI=1S/C27H34N2O4S/c1-3-5-7-8-9-11-14-22-18-20-23(21-19-22)27(31)28-24-15-12-13-16-25(24)34(32,33)29-26(30)17-10-6-4-2/h12-13,15-16,18-21H,3-10,17H2,1-2H3,(H,28,31)(H,29,30). The maximum Gasteiger partial charge on any atom is 0.266 e. The summed E-state index contributed by atoms with van der Waals surface area (Å²) in [7, 11) is -4.11. The number of hydrogen-bond acceptors (Lipinski definition) is 4. The van der Waals surface area contributed by atoms with Crippen molar-refractivity contribution in [2.75, 3.05) is 5.32 Å². The topological polar surface area (TPSA) is 92.3 Å². The predicted molar refractivity (Wildman–Crippen MR) is 136 cm³/mol. The zero-order chi connectivity index (χ0) is 24.8. The van der Waals surface area contributed by atoms with Gasteiger partial charge in [-0.15, -0.1) is 0 Å². The second-order valence-corrected chi connectivity index (χ2v) is 9.78. The molecule has 7 heteroatoms. The zero-order valence-electron chi connectivity index (χ0n) is 20.0. The van der Waals surface area contributed by atoms with Crippen molar-refractivity contribution in [2.45, 2.75) is 76.5 Å². The van der Waals surface area contributed by atoms with Gasteiger partial charge in [0.1, 0.15) is 4.90 Å². The molecular formula is C27H34N2O4S. The molecule has 182 valence electrons. The van der Waals surface area contributed by atoms with Gasteiger partial charge >= 0.3 is 0 Å². The van der Waals surface area contributed by atoms with Crippen LogP contribution >= 0.6 is 0 Å². The number of hydrogen-bond donors (Lipinski definition) is 2. The number of unbranched alkanes of at least 4 members (excludes halogenated alkanes) is 6. The fraction of sp³-hybridized carbons (Fsp3) is 0.407. The number of amides is 2. The SMILES string of the molecule is CCCCCCC#Cc1ccc(C(=O)Nc2ccccc2S(=O)(=O)NC(=O)CCCCC)cc1. The average molecular weight is 483 g/mol. The Morgan fingerprint density at radius 2 is 1.53 bits per heavy atom. The second kappa shape index (κ2) is 14.2. The van der Waals surface area contributed by atoms with Gasteiger partial charge in [0.25, 0.3) is 15.9 Å². The van der Waals surface area contributed by atoms with Crippen molar-refractivity contribution in [3.63, 3.8) is 0 Å². The monoisotopic (exact) mass is 482 g/mol. The van der Waals surface area contributed by atoms with E-state index in [4.69, 9.17) is 0 Å². The Kier molecular flexibility index (Phi) is 11.3. The van der Waals surface area contributed by atoms with Crippen LogP contribution in [0.1, 0.15) is 87.6 Å². The minimum atomic E-state index is -4.11. The van der Waals surface area contributed by atoms with Crippen molar-refractivity contribution >= 4 is 27.5 Å². The first kappa shape index (κ1) is 27.1. The van der Waals surface area contributed by atoms with Crippen molar-refractivity contribution in [2.24, 2.45) is 0 Å². The number of carbonyl (C=O) groups is 2. The molecule has 0 radical (unpaired) electrons. The van der Waals surface area contributed by atoms with Gasteiger partial charge in [-0.3, -0.25) is 9.59 Å². The number of sulfonamides is 1. The van der Waals surface area contributed by atoms with E-state index in [9.17, 15) is 18.0 Å². The van der Waals surface area contributed by atoms with Crippen LogP contribution in [0.2, 0.25) is 0 Å². The number of benzene rings is 2. The van der Waals surface area contributed by atoms with Gasteiger partial charge in [-0.2, -0.15) is 0 Å². The Morgan fingerprint density at radius 1 is 0.853 bits per heavy atom. The van der Waals surface area contributed by atoms with E-state index in [0.29, 0.717) is 12.0 Å². The largest absolute Gasteiger partial charge is 0.321 e. The smallest absolute Gasteiger partial charge is 0.266 e. The average Bonchev–Trinajstić information content (AvgIpc) is 2.82. The number of nitrogens with one attached hydrogen (secondary N) is 2. The molecule has 0 aliphatic rings. The van der Waals surface area contributed by atoms with E-state index in [-0.39, 0.29) is 17.0 Å². The van der Waals surface area contributed by atoms with Crippen LogP contribution in [0.3, 0.4) is 0 Å². The number of carbonyl (C=O) groups excluding carboxylic acids is 2. The molecule has 2 aromatic carbocycles. The van der Waals surface area contributed by atoms with Crippen molar-refractivity contribution < 1.29 is 18.0 Å². The van der Waals surface area contributed by atoms with E-state index in [1.54, 1.807) is 36.4 Å². The van der Waals surface area contributed by atoms with Gasteiger partial charge < -0.3 is 5.32 Å². The van der Waals surface area contributed by atoms with Crippen molar-refractivity contribution in [3.8, 4) is 11.8 Å². The lowest BCUT2D eigenvalue weighted by Gasteiger charge is -2.12. The molecule has 0 aliphatic carbocycles. The molecule has 0 aliphatic heterocycles. The zero-order valence-corrected chi connectivity index (χ0v) is 20.8. The molecule has 2 aromatic rings. The lowest BCUT2D eigenvalue weighted by atomic mass is 10.1. The maximum absolute atomic E-state index is 12.7. The summed E-state index contributed by atoms with van der Waals surface area (Å²) in [5, 5.41) is 2.64. The van der Waals surface area contributed by atoms with E-state index >= 15 is 0 Å². The van der Waals surface area contributed by atoms with Crippen LogP contribution in [-0.4, -0.2) is 20.2 Å². The number of anilines is 1. The third-order valence-corrected chi connectivity index (χ3v) is 6.65. The fourth-order valence-electron chi connectivity index (χ4n) is 3.30. The minimum absolute atomic E-state index is 0.109. The first-order valence-electron chi connectivity index (χ1n) is 11.9. The first-order chi connectivity index (χ1) is 16.4. The lowest BCUT2D eigenvalue weighted by Crippen LogP contribution is -2.31. The van der Waals surface area contributed by atoms with Crippen LogP contribution in [0.5, 0.6) is 0 Å². The van der Waals surface area contributed by atoms with Gasteiger partial charge in [-0.25, -0.2) is 13.1 Å². The molecule has 34 heavy (non-hydrogen) atoms. The summed E-state index contributed by atoms with van der Waals surface area (Å²) in [6.45, 7) is 4.18. The van der Waals surface area contributed by atoms with Gasteiger partial charge in [-0.1, -0.05) is 69.9 Å². The van der Waals surface area contributed by atoms with Crippen LogP contribution in [0.4, 0.5) is 5.69 Å². The highest BCUT2D eigenvalue weighted by atomic mass is 32.2. The van der Waals surface area contributed by atoms with E-state index < -0.39 is 21.8 Å². The molecule has 2 N–H and O–H groups in total. The lowest BCUT2D eigenvalue weighted by molar-refractivity contribution is -0.119. The van der Waals surface area contributed by atoms with Crippen molar-refractivity contribution in [1.29, 1.82) is 0 Å². The third-order valence-electron chi connectivity index (χ3n) is 5.22. The summed E-state index contributed by atoms with van der Waals surface area (Å²) in [6, 6.07) is 12.9. The van der Waals surface area contributed by atoms with E-state index in [0.717, 1.165) is 31.2 Å². The van der Waals surface area contributed by atoms with E-state index in [1.807, 2.05) is 6.92 Å². The molecule has 0 heterocycles. The number of para-hydroxylation sites is 1. The van der Waals surface area contributed by atoms with Gasteiger partial charge in [0.2, 0.25) is 5.91 Å². The predicted octanol–water partition coefficient (Wildman–Crippen LogP) is 5.65. The van der Waals surface area contributed by atoms with E-state index in [1.165, 1.54) is 31.4 Å². The van der Waals surface area contributed by atoms with Crippen molar-refractivity contribution in [1.82, 2.24) is 4.72 Å². The summed E-state index contributed by atoms with van der Waals surface area (Å²) in [5.74, 6) is 5.25. The van der Waals surface area contributed by atoms with Gasteiger partial charge in [0.05, 0.1) is 5.69 Å². The van der Waals surface area contributed by atoms with E-state index in [2.05, 4.69) is 28.8 Å². The molecule has 0 fully saturated rings. The van der Waals surface area contributed by atoms with Crippen LogP contribution in [0.15, 0.2) is 53.4 Å². The van der Waals surface area contributed by atoms with Gasteiger partial charge in [0.15, 0.2) is 0 Å². The molecule has 0 bridgehead atoms. The first-order valence-corrected chi connectivity index (χ1v) is 13.4. The highest BCUT2D eigenvalue weighted by Gasteiger charge is 2.22. The molecule has 0 aromatic heterocycles. The molecule has 0 unspecified atom stereocenters. The van der Waals surface area contributed by atoms with Crippen LogP contribution in [0, 0.1) is 11.8 Å². The van der Waals surface area contributed by atoms with Crippen LogP contribution < -0.4 is 10.0 Å². The maximum atomic E-state index is 12.7. The fourth-order valence-corrected chi connectivity index (χ4v) is 4.48. The summed E-state index contributed by atoms with van der Waals surface area (Å²) in [5.41, 5.74) is 1.31. The highest BCUT2D eigenvalue weighted by molar-refractivity contribution is 7.90. The molecular weight excluding hydrogens is 448 g/mol. The Hall–Kier alpha value is -3.11. The van der Waals surface area contributed by atoms with Gasteiger partial charge in [0, 0.05) is 24.0 Å². The van der Waals surface area contributed by atoms with Crippen molar-refractivity contribution in [3.05, 3.63) is 59.7 Å². The normalized spacial score (nSPS) is 10.8. The van der Waals surface area contributed by atoms with Gasteiger partial charge in [-0.05, 0) is 49.2 Å². The third kappa shape index (κ3) is 9.03. The Labute approximate surface area is 203 Å². The second-order valence-electron chi connectivity index (χ2n) is 8.13. The summed E-state index contributed by atoms with van der Waals surface area (Å²) in [6.07, 6.45) is 8.08. The Morgan fingerprint density at radius 3 is 2.24 bits per heavy atom. The summed E-state index contributed by atoms with van der Waals surface area (Å²) >= 11 is 0. The molecule has 6 nitrogen and oxygen atoms in total. The Bertz CT molecular complexity index is 1110. The molecule has 0 saturated heterocycles. The molecule has 0 atom stereocenters. The quantitative estimate of drug-likeness (QED) is 0.302. The highest BCUT2D eigenvalue weighted by Crippen LogP contribution is 2.22. The molecule has 0 saturated carbocycles.